The summed E-state index contributed by atoms with van der Waals surface area (Å²) in [7, 11) is 1.18. The van der Waals surface area contributed by atoms with Crippen molar-refractivity contribution in [2.45, 2.75) is 104 Å². The van der Waals surface area contributed by atoms with Crippen molar-refractivity contribution in [1.29, 1.82) is 0 Å². The zero-order chi connectivity index (χ0) is 37.3. The second kappa shape index (κ2) is 12.5. The number of cyclic esters (lactones) is 1. The molecule has 1 N–H and O–H groups in total. The molecule has 1 aromatic heterocycles. The second-order valence-corrected chi connectivity index (χ2v) is 14.5. The van der Waals surface area contributed by atoms with Crippen molar-refractivity contribution < 1.29 is 66.7 Å². The van der Waals surface area contributed by atoms with Crippen LogP contribution in [-0.4, -0.2) is 84.0 Å². The van der Waals surface area contributed by atoms with Gasteiger partial charge in [-0.2, -0.15) is 0 Å². The predicted molar refractivity (Wildman–Crippen MR) is 169 cm³/mol. The van der Waals surface area contributed by atoms with Crippen LogP contribution in [0.5, 0.6) is 0 Å². The van der Waals surface area contributed by atoms with Gasteiger partial charge in [0.25, 0.3) is 0 Å². The van der Waals surface area contributed by atoms with E-state index in [1.165, 1.54) is 52.5 Å². The van der Waals surface area contributed by atoms with Crippen LogP contribution in [0.15, 0.2) is 46.8 Å². The lowest BCUT2D eigenvalue weighted by Crippen LogP contribution is -2.74. The number of rotatable bonds is 7. The van der Waals surface area contributed by atoms with Crippen LogP contribution in [0.1, 0.15) is 73.5 Å². The predicted octanol–water partition coefficient (Wildman–Crippen LogP) is 3.10. The van der Waals surface area contributed by atoms with Crippen LogP contribution in [0.4, 0.5) is 0 Å². The Morgan fingerprint density at radius 3 is 2.20 bits per heavy atom. The Bertz CT molecular complexity index is 1660. The van der Waals surface area contributed by atoms with Crippen molar-refractivity contribution in [2.24, 2.45) is 28.1 Å². The van der Waals surface area contributed by atoms with Gasteiger partial charge in [-0.3, -0.25) is 19.2 Å². The van der Waals surface area contributed by atoms with Gasteiger partial charge in [-0.25, -0.2) is 9.59 Å². The van der Waals surface area contributed by atoms with Crippen molar-refractivity contribution in [3.8, 4) is 0 Å². The zero-order valence-electron chi connectivity index (χ0n) is 29.6. The first-order valence-electron chi connectivity index (χ1n) is 16.3. The van der Waals surface area contributed by atoms with E-state index in [1.54, 1.807) is 20.8 Å². The minimum Gasteiger partial charge on any atom is -0.472 e. The molecule has 0 radical (unpaired) electrons. The van der Waals surface area contributed by atoms with Crippen LogP contribution >= 0.6 is 0 Å². The van der Waals surface area contributed by atoms with E-state index in [2.05, 4.69) is 6.58 Å². The minimum atomic E-state index is -2.21. The average Bonchev–Trinajstić information content (AvgIpc) is 3.62. The standard InChI is InChI=1S/C36H44O14/c1-11-16(2)31(42)48-24-28(46-18(4)37)33(6,7)21(14-22(39)44-10)34(8)25(40)23-17(3)36(50-29(24)34)30(47-19(5)38)32(43)49-27(20-12-13-45-15-20)35(36,9)26(23)41/h11-13,15,21,23-24,26-30,41H,3,14H2,1-2,4-10H3/b16-11+/t21-,23+,24-,26+,27+,28+,29+,30-,34+,35+,36-/m1/s1. The summed E-state index contributed by atoms with van der Waals surface area (Å²) < 4.78 is 41.0. The summed E-state index contributed by atoms with van der Waals surface area (Å²) in [6.07, 6.45) is -5.62. The third-order valence-corrected chi connectivity index (χ3v) is 11.6. The maximum atomic E-state index is 15.4. The molecule has 2 bridgehead atoms. The summed E-state index contributed by atoms with van der Waals surface area (Å²) in [5, 5.41) is 12.4. The first-order valence-corrected chi connectivity index (χ1v) is 16.3. The summed E-state index contributed by atoms with van der Waals surface area (Å²) in [4.78, 5) is 81.4. The van der Waals surface area contributed by atoms with Gasteiger partial charge in [0.2, 0.25) is 6.10 Å². The van der Waals surface area contributed by atoms with Gasteiger partial charge in [-0.05, 0) is 45.3 Å². The number of furan rings is 1. The molecule has 2 saturated heterocycles. The van der Waals surface area contributed by atoms with Gasteiger partial charge in [-0.15, -0.1) is 0 Å². The lowest BCUT2D eigenvalue weighted by Gasteiger charge is -2.62. The van der Waals surface area contributed by atoms with Crippen LogP contribution < -0.4 is 0 Å². The molecular formula is C36H44O14. The first kappa shape index (κ1) is 37.0. The van der Waals surface area contributed by atoms with Gasteiger partial charge < -0.3 is 37.9 Å². The smallest absolute Gasteiger partial charge is 0.351 e. The molecule has 14 nitrogen and oxygen atoms in total. The maximum Gasteiger partial charge on any atom is 0.351 e. The number of Topliss-reactive ketones (excluding diaryl/α,β-unsaturated/α-hetero) is 1. The van der Waals surface area contributed by atoms with E-state index < -0.39 is 106 Å². The molecule has 2 saturated carbocycles. The van der Waals surface area contributed by atoms with Gasteiger partial charge in [-0.1, -0.05) is 26.5 Å². The Balaban J connectivity index is 1.88. The van der Waals surface area contributed by atoms with Gasteiger partial charge in [0, 0.05) is 30.4 Å². The number of esters is 5. The molecule has 0 amide bonds. The highest BCUT2D eigenvalue weighted by Gasteiger charge is 2.83. The number of carbonyl (C=O) groups excluding carboxylic acids is 6. The number of hydrogen-bond donors (Lipinski definition) is 1. The van der Waals surface area contributed by atoms with E-state index in [0.29, 0.717) is 5.56 Å². The molecule has 2 aliphatic heterocycles. The molecule has 272 valence electrons. The summed E-state index contributed by atoms with van der Waals surface area (Å²) >= 11 is 0. The summed E-state index contributed by atoms with van der Waals surface area (Å²) in [6.45, 7) is 16.0. The van der Waals surface area contributed by atoms with Crippen molar-refractivity contribution in [1.82, 2.24) is 0 Å². The third kappa shape index (κ3) is 4.96. The van der Waals surface area contributed by atoms with E-state index in [-0.39, 0.29) is 17.6 Å². The topological polar surface area (TPSA) is 191 Å². The molecule has 0 unspecified atom stereocenters. The highest BCUT2D eigenvalue weighted by atomic mass is 16.6. The van der Waals surface area contributed by atoms with Crippen molar-refractivity contribution in [2.75, 3.05) is 7.11 Å². The number of ether oxygens (including phenoxy) is 6. The van der Waals surface area contributed by atoms with E-state index >= 15 is 4.79 Å². The molecular weight excluding hydrogens is 656 g/mol. The molecule has 1 aromatic rings. The number of methoxy groups -OCH3 is 1. The molecule has 2 aliphatic carbocycles. The molecule has 3 heterocycles. The normalized spacial score (nSPS) is 38.9. The van der Waals surface area contributed by atoms with Crippen LogP contribution in [-0.2, 0) is 57.2 Å². The number of allylic oxidation sites excluding steroid dienone is 1. The largest absolute Gasteiger partial charge is 0.472 e. The Labute approximate surface area is 289 Å². The number of aliphatic hydroxyl groups is 1. The molecule has 11 atom stereocenters. The number of carbonyl (C=O) groups is 6. The van der Waals surface area contributed by atoms with Crippen LogP contribution in [0.3, 0.4) is 0 Å². The Kier molecular flexibility index (Phi) is 9.23. The van der Waals surface area contributed by atoms with E-state index in [1.807, 2.05) is 0 Å². The number of hydrogen-bond acceptors (Lipinski definition) is 14. The quantitative estimate of drug-likeness (QED) is 0.189. The highest BCUT2D eigenvalue weighted by Crippen LogP contribution is 2.71. The fraction of sp³-hybridized carbons (Fsp3) is 0.611. The summed E-state index contributed by atoms with van der Waals surface area (Å²) in [5.74, 6) is -7.42. The summed E-state index contributed by atoms with van der Waals surface area (Å²) in [5.41, 5.74) is -6.72. The van der Waals surface area contributed by atoms with Crippen LogP contribution in [0.25, 0.3) is 0 Å². The van der Waals surface area contributed by atoms with Crippen molar-refractivity contribution >= 4 is 35.6 Å². The lowest BCUT2D eigenvalue weighted by molar-refractivity contribution is -0.316. The molecule has 14 heteroatoms. The molecule has 4 fully saturated rings. The average molecular weight is 701 g/mol. The van der Waals surface area contributed by atoms with Gasteiger partial charge in [0.05, 0.1) is 48.9 Å². The maximum absolute atomic E-state index is 15.4. The third-order valence-electron chi connectivity index (χ3n) is 11.6. The Hall–Kier alpha value is -4.30. The monoisotopic (exact) mass is 700 g/mol. The molecule has 1 spiro atoms. The van der Waals surface area contributed by atoms with Gasteiger partial charge in [0.1, 0.15) is 23.9 Å². The highest BCUT2D eigenvalue weighted by molar-refractivity contribution is 5.95. The zero-order valence-corrected chi connectivity index (χ0v) is 29.6. The Morgan fingerprint density at radius 1 is 1.02 bits per heavy atom. The van der Waals surface area contributed by atoms with E-state index in [4.69, 9.17) is 32.8 Å². The SMILES string of the molecule is C=C1[C@H]2C(=O)[C@]3(C)[C@H](CC(=O)OC)C(C)(C)[C@@H](OC(C)=O)[C@@H](OC(=O)/C(C)=C/C)[C@@H]3O[C@@]13[C@H](OC(C)=O)C(=O)O[C@@H](c1ccoc1)[C@]3(C)[C@H]2O. The Morgan fingerprint density at radius 2 is 1.66 bits per heavy atom. The number of fused-ring (bicyclic) bond motifs is 2. The summed E-state index contributed by atoms with van der Waals surface area (Å²) in [6, 6.07) is 1.51. The van der Waals surface area contributed by atoms with Gasteiger partial charge >= 0.3 is 29.8 Å². The van der Waals surface area contributed by atoms with Crippen LogP contribution in [0.2, 0.25) is 0 Å². The van der Waals surface area contributed by atoms with Crippen LogP contribution in [0, 0.1) is 28.1 Å². The fourth-order valence-electron chi connectivity index (χ4n) is 9.01. The van der Waals surface area contributed by atoms with E-state index in [0.717, 1.165) is 13.8 Å². The van der Waals surface area contributed by atoms with Crippen molar-refractivity contribution in [3.63, 3.8) is 0 Å². The number of aliphatic hydroxyl groups excluding tert-OH is 1. The van der Waals surface area contributed by atoms with Crippen molar-refractivity contribution in [3.05, 3.63) is 48.0 Å². The minimum absolute atomic E-state index is 0.0853. The lowest BCUT2D eigenvalue weighted by atomic mass is 9.49. The molecule has 5 rings (SSSR count). The molecule has 4 aliphatic rings. The molecule has 0 aromatic carbocycles. The number of ketones is 1. The second-order valence-electron chi connectivity index (χ2n) is 14.5. The first-order chi connectivity index (χ1) is 23.3. The fourth-order valence-corrected chi connectivity index (χ4v) is 9.01. The van der Waals surface area contributed by atoms with E-state index in [9.17, 15) is 29.1 Å². The molecule has 50 heavy (non-hydrogen) atoms. The van der Waals surface area contributed by atoms with Gasteiger partial charge in [0.15, 0.2) is 11.9 Å².